The van der Waals surface area contributed by atoms with E-state index in [0.29, 0.717) is 5.92 Å². The summed E-state index contributed by atoms with van der Waals surface area (Å²) < 4.78 is 0. The third-order valence-corrected chi connectivity index (χ3v) is 2.47. The highest BCUT2D eigenvalue weighted by Crippen LogP contribution is 2.16. The smallest absolute Gasteiger partial charge is 0.0402 e. The normalized spacial score (nSPS) is 13.5. The number of nitrogens with zero attached hydrogens (tertiary/aromatic N) is 1. The van der Waals surface area contributed by atoms with Gasteiger partial charge < -0.3 is 0 Å². The van der Waals surface area contributed by atoms with Crippen molar-refractivity contribution in [3.63, 3.8) is 0 Å². The summed E-state index contributed by atoms with van der Waals surface area (Å²) in [6.45, 7) is 12.8. The minimum Gasteiger partial charge on any atom is -0.293 e. The van der Waals surface area contributed by atoms with Crippen LogP contribution >= 0.6 is 0 Å². The SMILES string of the molecule is C=C(/C=C(\CCC)C(=NC)C(C)C)CC. The average Bonchev–Trinajstić information content (AvgIpc) is 2.18. The molecule has 1 heteroatoms. The summed E-state index contributed by atoms with van der Waals surface area (Å²) in [5.41, 5.74) is 3.79. The van der Waals surface area contributed by atoms with Crippen LogP contribution in [0, 0.1) is 5.92 Å². The fraction of sp³-hybridized carbons (Fsp3) is 0.643. The molecular weight excluding hydrogens is 182 g/mol. The molecule has 0 aromatic heterocycles. The van der Waals surface area contributed by atoms with E-state index in [-0.39, 0.29) is 0 Å². The fourth-order valence-corrected chi connectivity index (χ4v) is 1.66. The standard InChI is InChI=1S/C14H25N/c1-7-9-13(10-12(5)8-2)14(15-6)11(3)4/h10-11H,5,7-9H2,1-4,6H3/b13-10+,15-14?. The largest absolute Gasteiger partial charge is 0.293 e. The van der Waals surface area contributed by atoms with E-state index in [1.807, 2.05) is 7.05 Å². The maximum absolute atomic E-state index is 4.40. The zero-order valence-electron chi connectivity index (χ0n) is 10.9. The molecule has 0 atom stereocenters. The van der Waals surface area contributed by atoms with Crippen LogP contribution in [-0.2, 0) is 0 Å². The second-order valence-corrected chi connectivity index (χ2v) is 4.19. The zero-order valence-corrected chi connectivity index (χ0v) is 10.9. The van der Waals surface area contributed by atoms with Crippen LogP contribution in [0.1, 0.15) is 47.0 Å². The van der Waals surface area contributed by atoms with Crippen LogP contribution < -0.4 is 0 Å². The van der Waals surface area contributed by atoms with Crippen molar-refractivity contribution >= 4 is 5.71 Å². The van der Waals surface area contributed by atoms with Gasteiger partial charge in [0.1, 0.15) is 0 Å². The van der Waals surface area contributed by atoms with Gasteiger partial charge in [-0.3, -0.25) is 4.99 Å². The van der Waals surface area contributed by atoms with Gasteiger partial charge in [-0.2, -0.15) is 0 Å². The lowest BCUT2D eigenvalue weighted by Gasteiger charge is -2.14. The second-order valence-electron chi connectivity index (χ2n) is 4.19. The Bertz CT molecular complexity index is 257. The Labute approximate surface area is 95.0 Å². The van der Waals surface area contributed by atoms with Gasteiger partial charge >= 0.3 is 0 Å². The van der Waals surface area contributed by atoms with Gasteiger partial charge in [-0.1, -0.05) is 52.3 Å². The molecule has 0 amide bonds. The Morgan fingerprint density at radius 2 is 1.93 bits per heavy atom. The maximum Gasteiger partial charge on any atom is 0.0402 e. The number of aliphatic imine (C=N–C) groups is 1. The topological polar surface area (TPSA) is 12.4 Å². The van der Waals surface area contributed by atoms with Crippen molar-refractivity contribution in [2.24, 2.45) is 10.9 Å². The highest BCUT2D eigenvalue weighted by molar-refractivity contribution is 6.01. The summed E-state index contributed by atoms with van der Waals surface area (Å²) in [6, 6.07) is 0. The first-order valence-corrected chi connectivity index (χ1v) is 5.92. The molecule has 0 N–H and O–H groups in total. The number of rotatable bonds is 6. The van der Waals surface area contributed by atoms with Crippen molar-refractivity contribution in [2.45, 2.75) is 47.0 Å². The van der Waals surface area contributed by atoms with Crippen molar-refractivity contribution in [3.8, 4) is 0 Å². The van der Waals surface area contributed by atoms with E-state index in [2.05, 4.69) is 45.3 Å². The van der Waals surface area contributed by atoms with Gasteiger partial charge in [-0.05, 0) is 24.3 Å². The molecule has 0 spiro atoms. The molecule has 0 aromatic carbocycles. The average molecular weight is 207 g/mol. The first-order valence-electron chi connectivity index (χ1n) is 5.92. The Balaban J connectivity index is 4.94. The van der Waals surface area contributed by atoms with Crippen LogP contribution in [0.3, 0.4) is 0 Å². The Hall–Kier alpha value is -0.850. The van der Waals surface area contributed by atoms with Crippen molar-refractivity contribution in [2.75, 3.05) is 7.05 Å². The summed E-state index contributed by atoms with van der Waals surface area (Å²) in [7, 11) is 1.88. The quantitative estimate of drug-likeness (QED) is 0.452. The Morgan fingerprint density at radius 3 is 2.27 bits per heavy atom. The fourth-order valence-electron chi connectivity index (χ4n) is 1.66. The Kier molecular flexibility index (Phi) is 7.02. The van der Waals surface area contributed by atoms with Crippen LogP contribution in [0.25, 0.3) is 0 Å². The van der Waals surface area contributed by atoms with E-state index < -0.39 is 0 Å². The van der Waals surface area contributed by atoms with Crippen LogP contribution in [0.15, 0.2) is 28.8 Å². The van der Waals surface area contributed by atoms with Gasteiger partial charge in [0.05, 0.1) is 0 Å². The number of hydrogen-bond donors (Lipinski definition) is 0. The van der Waals surface area contributed by atoms with Crippen molar-refractivity contribution < 1.29 is 0 Å². The van der Waals surface area contributed by atoms with Crippen molar-refractivity contribution in [3.05, 3.63) is 23.8 Å². The molecule has 0 radical (unpaired) electrons. The van der Waals surface area contributed by atoms with Gasteiger partial charge in [0, 0.05) is 12.8 Å². The second kappa shape index (κ2) is 7.44. The predicted octanol–water partition coefficient (Wildman–Crippen LogP) is 4.41. The molecule has 0 rings (SSSR count). The molecule has 1 nitrogen and oxygen atoms in total. The van der Waals surface area contributed by atoms with E-state index in [9.17, 15) is 0 Å². The first-order chi connectivity index (χ1) is 7.06. The number of allylic oxidation sites excluding steroid dienone is 3. The summed E-state index contributed by atoms with van der Waals surface area (Å²) in [4.78, 5) is 4.40. The van der Waals surface area contributed by atoms with Crippen molar-refractivity contribution in [1.29, 1.82) is 0 Å². The third kappa shape index (κ3) is 4.96. The summed E-state index contributed by atoms with van der Waals surface area (Å²) >= 11 is 0. The van der Waals surface area contributed by atoms with Gasteiger partial charge in [0.15, 0.2) is 0 Å². The van der Waals surface area contributed by atoms with Crippen LogP contribution in [-0.4, -0.2) is 12.8 Å². The van der Waals surface area contributed by atoms with Crippen LogP contribution in [0.4, 0.5) is 0 Å². The minimum absolute atomic E-state index is 0.498. The molecular formula is C14H25N. The third-order valence-electron chi connectivity index (χ3n) is 2.47. The van der Waals surface area contributed by atoms with E-state index >= 15 is 0 Å². The lowest BCUT2D eigenvalue weighted by Crippen LogP contribution is -2.11. The van der Waals surface area contributed by atoms with Gasteiger partial charge in [-0.15, -0.1) is 0 Å². The molecule has 0 heterocycles. The Morgan fingerprint density at radius 1 is 1.33 bits per heavy atom. The van der Waals surface area contributed by atoms with E-state index in [1.54, 1.807) is 0 Å². The summed E-state index contributed by atoms with van der Waals surface area (Å²) in [5, 5.41) is 0. The van der Waals surface area contributed by atoms with E-state index in [1.165, 1.54) is 16.9 Å². The first kappa shape index (κ1) is 14.2. The molecule has 0 aliphatic carbocycles. The molecule has 15 heavy (non-hydrogen) atoms. The molecule has 0 fully saturated rings. The molecule has 0 aromatic rings. The maximum atomic E-state index is 4.40. The predicted molar refractivity (Wildman–Crippen MR) is 70.6 cm³/mol. The number of hydrogen-bond acceptors (Lipinski definition) is 1. The van der Waals surface area contributed by atoms with Gasteiger partial charge in [-0.25, -0.2) is 0 Å². The highest BCUT2D eigenvalue weighted by Gasteiger charge is 2.09. The molecule has 86 valence electrons. The molecule has 0 unspecified atom stereocenters. The molecule has 0 aliphatic rings. The van der Waals surface area contributed by atoms with Gasteiger partial charge in [0.25, 0.3) is 0 Å². The van der Waals surface area contributed by atoms with Crippen LogP contribution in [0.2, 0.25) is 0 Å². The summed E-state index contributed by atoms with van der Waals surface area (Å²) in [5.74, 6) is 0.498. The van der Waals surface area contributed by atoms with E-state index in [4.69, 9.17) is 0 Å². The molecule has 0 saturated carbocycles. The molecule has 0 aliphatic heterocycles. The molecule has 0 saturated heterocycles. The monoisotopic (exact) mass is 207 g/mol. The lowest BCUT2D eigenvalue weighted by molar-refractivity contribution is 0.850. The van der Waals surface area contributed by atoms with Crippen molar-refractivity contribution in [1.82, 2.24) is 0 Å². The van der Waals surface area contributed by atoms with Gasteiger partial charge in [0.2, 0.25) is 0 Å². The summed E-state index contributed by atoms with van der Waals surface area (Å²) in [6.07, 6.45) is 5.49. The highest BCUT2D eigenvalue weighted by atomic mass is 14.7. The lowest BCUT2D eigenvalue weighted by atomic mass is 9.94. The minimum atomic E-state index is 0.498. The van der Waals surface area contributed by atoms with E-state index in [0.717, 1.165) is 19.3 Å². The zero-order chi connectivity index (χ0) is 11.8. The molecule has 0 bridgehead atoms. The van der Waals surface area contributed by atoms with Crippen LogP contribution in [0.5, 0.6) is 0 Å².